The van der Waals surface area contributed by atoms with E-state index in [9.17, 15) is 4.79 Å². The number of aromatic amines is 1. The molecule has 1 fully saturated rings. The number of nitrogens with zero attached hydrogens (tertiary/aromatic N) is 3. The average molecular weight is 410 g/mol. The summed E-state index contributed by atoms with van der Waals surface area (Å²) in [7, 11) is 0. The Kier molecular flexibility index (Phi) is 3.82. The van der Waals surface area contributed by atoms with Gasteiger partial charge in [-0.25, -0.2) is 0 Å². The first-order valence-electron chi connectivity index (χ1n) is 8.79. The summed E-state index contributed by atoms with van der Waals surface area (Å²) in [6.07, 6.45) is 0.956. The van der Waals surface area contributed by atoms with Crippen molar-refractivity contribution in [1.82, 2.24) is 20.9 Å². The van der Waals surface area contributed by atoms with Gasteiger partial charge in [-0.2, -0.15) is 15.0 Å². The number of aromatic nitrogens is 3. The summed E-state index contributed by atoms with van der Waals surface area (Å²) >= 11 is 2.92. The second-order valence-electron chi connectivity index (χ2n) is 7.59. The van der Waals surface area contributed by atoms with Crippen molar-refractivity contribution in [3.63, 3.8) is 0 Å². The molecule has 0 bridgehead atoms. The smallest absolute Gasteiger partial charge is 0.369 e. The molecule has 0 saturated carbocycles. The second-order valence-corrected chi connectivity index (χ2v) is 9.61. The molecule has 5 heterocycles. The summed E-state index contributed by atoms with van der Waals surface area (Å²) < 4.78 is 8.06. The van der Waals surface area contributed by atoms with E-state index in [0.717, 1.165) is 17.4 Å². The molecule has 1 saturated heterocycles. The molecule has 2 atom stereocenters. The zero-order valence-corrected chi connectivity index (χ0v) is 16.8. The number of hydrazine groups is 1. The molecular weight excluding hydrogens is 388 g/mol. The number of hydrogen-bond donors (Lipinski definition) is 4. The minimum Gasteiger partial charge on any atom is -0.481 e. The summed E-state index contributed by atoms with van der Waals surface area (Å²) in [5.74, 6) is -0.0932. The minimum atomic E-state index is -0.860. The predicted octanol–water partition coefficient (Wildman–Crippen LogP) is 1.05. The van der Waals surface area contributed by atoms with Gasteiger partial charge in [0.25, 0.3) is 0 Å². The highest BCUT2D eigenvalue weighted by molar-refractivity contribution is 7.99. The van der Waals surface area contributed by atoms with Gasteiger partial charge in [0.05, 0.1) is 23.9 Å². The normalized spacial score (nSPS) is 24.9. The fraction of sp³-hybridized carbons (Fsp3) is 0.562. The third-order valence-corrected chi connectivity index (χ3v) is 7.12. The van der Waals surface area contributed by atoms with Crippen molar-refractivity contribution in [2.24, 2.45) is 0 Å². The lowest BCUT2D eigenvalue weighted by molar-refractivity contribution is -0.623. The number of nitrogens with one attached hydrogen (secondary N) is 3. The lowest BCUT2D eigenvalue weighted by Crippen LogP contribution is -2.50. The molecule has 3 aliphatic heterocycles. The number of aliphatic carboxylic acids is 1. The number of carboxylic acids is 1. The predicted molar refractivity (Wildman–Crippen MR) is 99.9 cm³/mol. The zero-order chi connectivity index (χ0) is 18.9. The number of thiophene rings is 1. The Balaban J connectivity index is 1.68. The van der Waals surface area contributed by atoms with Crippen molar-refractivity contribution in [3.8, 4) is 5.00 Å². The standard InChI is InChI=1S/C16H20N6O3S2/c1-7-17-12-11-8-4-16(2,3)25-5-9(8)27-13(11)21-14(22(12)20-7)18-19-15(21)26-6-10(23)24/h7,12,17,20H,4-6H2,1-3H3,(H,23,24)/p+1. The lowest BCUT2D eigenvalue weighted by Gasteiger charge is -2.32. The number of carboxylic acid groups (broad SMARTS) is 1. The maximum atomic E-state index is 11.0. The van der Waals surface area contributed by atoms with Crippen LogP contribution in [0, 0.1) is 0 Å². The van der Waals surface area contributed by atoms with Crippen molar-refractivity contribution in [3.05, 3.63) is 16.0 Å². The molecule has 0 radical (unpaired) electrons. The van der Waals surface area contributed by atoms with Gasteiger partial charge in [0.15, 0.2) is 11.2 Å². The highest BCUT2D eigenvalue weighted by Crippen LogP contribution is 2.45. The molecule has 2 aromatic rings. The monoisotopic (exact) mass is 409 g/mol. The van der Waals surface area contributed by atoms with Crippen molar-refractivity contribution < 1.29 is 19.2 Å². The fourth-order valence-corrected chi connectivity index (χ4v) is 5.89. The molecule has 2 aromatic heterocycles. The second kappa shape index (κ2) is 5.92. The number of rotatable bonds is 3. The topological polar surface area (TPSA) is 106 Å². The zero-order valence-electron chi connectivity index (χ0n) is 15.2. The Morgan fingerprint density at radius 3 is 3.15 bits per heavy atom. The molecule has 0 spiro atoms. The van der Waals surface area contributed by atoms with Crippen LogP contribution in [0.5, 0.6) is 0 Å². The van der Waals surface area contributed by atoms with Gasteiger partial charge in [-0.05, 0) is 38.1 Å². The fourth-order valence-electron chi connectivity index (χ4n) is 3.89. The number of fused-ring (bicyclic) bond motifs is 8. The maximum absolute atomic E-state index is 11.0. The molecule has 9 nitrogen and oxygen atoms in total. The molecule has 4 N–H and O–H groups in total. The van der Waals surface area contributed by atoms with Crippen LogP contribution in [0.15, 0.2) is 5.16 Å². The maximum Gasteiger partial charge on any atom is 0.369 e. The Labute approximate surface area is 164 Å². The first-order chi connectivity index (χ1) is 12.8. The van der Waals surface area contributed by atoms with Crippen molar-refractivity contribution >= 4 is 35.0 Å². The van der Waals surface area contributed by atoms with Gasteiger partial charge in [0.1, 0.15) is 5.75 Å². The molecule has 144 valence electrons. The third-order valence-electron chi connectivity index (χ3n) is 4.99. The molecule has 2 unspecified atom stereocenters. The Morgan fingerprint density at radius 2 is 2.37 bits per heavy atom. The highest BCUT2D eigenvalue weighted by atomic mass is 32.2. The van der Waals surface area contributed by atoms with Gasteiger partial charge in [-0.1, -0.05) is 0 Å². The first kappa shape index (κ1) is 17.4. The van der Waals surface area contributed by atoms with Crippen LogP contribution in [0.25, 0.3) is 5.00 Å². The summed E-state index contributed by atoms with van der Waals surface area (Å²) in [6, 6.07) is 0. The van der Waals surface area contributed by atoms with E-state index in [1.165, 1.54) is 27.8 Å². The van der Waals surface area contributed by atoms with Gasteiger partial charge in [0, 0.05) is 16.4 Å². The number of carbonyl (C=O) groups is 1. The Bertz CT molecular complexity index is 939. The summed E-state index contributed by atoms with van der Waals surface area (Å²) in [5, 5.41) is 23.9. The molecule has 11 heteroatoms. The van der Waals surface area contributed by atoms with Gasteiger partial charge >= 0.3 is 17.1 Å². The first-order valence-corrected chi connectivity index (χ1v) is 10.6. The summed E-state index contributed by atoms with van der Waals surface area (Å²) in [5.41, 5.74) is 5.79. The van der Waals surface area contributed by atoms with E-state index in [-0.39, 0.29) is 23.7 Å². The van der Waals surface area contributed by atoms with E-state index < -0.39 is 5.97 Å². The summed E-state index contributed by atoms with van der Waals surface area (Å²) in [6.45, 7) is 6.91. The lowest BCUT2D eigenvalue weighted by atomic mass is 9.92. The van der Waals surface area contributed by atoms with Crippen LogP contribution in [-0.2, 0) is 22.6 Å². The molecule has 27 heavy (non-hydrogen) atoms. The molecular formula is C16H21N6O3S2+. The number of ether oxygens (including phenoxy) is 1. The molecule has 0 amide bonds. The van der Waals surface area contributed by atoms with Crippen LogP contribution in [-0.4, -0.2) is 38.8 Å². The van der Waals surface area contributed by atoms with Crippen LogP contribution in [0.3, 0.4) is 0 Å². The molecule has 0 aliphatic carbocycles. The van der Waals surface area contributed by atoms with E-state index in [1.807, 2.05) is 4.57 Å². The van der Waals surface area contributed by atoms with Gasteiger partial charge in [-0.3, -0.25) is 10.1 Å². The number of H-pyrrole nitrogens is 1. The number of thioether (sulfide) groups is 1. The quantitative estimate of drug-likeness (QED) is 0.440. The van der Waals surface area contributed by atoms with E-state index in [2.05, 4.69) is 46.7 Å². The third kappa shape index (κ3) is 2.68. The minimum absolute atomic E-state index is 0.00155. The van der Waals surface area contributed by atoms with Gasteiger partial charge < -0.3 is 9.84 Å². The SMILES string of the molecule is CC1NC2c3c(sc4c3CC(C)(C)OC4)-[n+]3c(SCC(=O)O)n[nH]c3N2N1. The van der Waals surface area contributed by atoms with Crippen LogP contribution >= 0.6 is 23.1 Å². The van der Waals surface area contributed by atoms with Crippen molar-refractivity contribution in [2.45, 2.75) is 56.9 Å². The molecule has 5 rings (SSSR count). The highest BCUT2D eigenvalue weighted by Gasteiger charge is 2.49. The van der Waals surface area contributed by atoms with E-state index in [0.29, 0.717) is 11.8 Å². The van der Waals surface area contributed by atoms with Crippen LogP contribution in [0.4, 0.5) is 5.95 Å². The number of hydrogen-bond acceptors (Lipinski definition) is 8. The molecule has 3 aliphatic rings. The van der Waals surface area contributed by atoms with Gasteiger partial charge in [0.2, 0.25) is 0 Å². The van der Waals surface area contributed by atoms with Crippen LogP contribution in [0.1, 0.15) is 42.9 Å². The van der Waals surface area contributed by atoms with Gasteiger partial charge in [-0.15, -0.1) is 16.4 Å². The van der Waals surface area contributed by atoms with E-state index in [4.69, 9.17) is 9.84 Å². The molecule has 0 aromatic carbocycles. The largest absolute Gasteiger partial charge is 0.481 e. The Hall–Kier alpha value is -1.66. The van der Waals surface area contributed by atoms with Crippen molar-refractivity contribution in [2.75, 3.05) is 10.8 Å². The number of anilines is 1. The van der Waals surface area contributed by atoms with Crippen molar-refractivity contribution in [1.29, 1.82) is 0 Å². The van der Waals surface area contributed by atoms with E-state index in [1.54, 1.807) is 11.3 Å². The summed E-state index contributed by atoms with van der Waals surface area (Å²) in [4.78, 5) is 12.3. The van der Waals surface area contributed by atoms with E-state index >= 15 is 0 Å². The average Bonchev–Trinajstić information content (AvgIpc) is 3.25. The van der Waals surface area contributed by atoms with Crippen LogP contribution < -0.4 is 20.3 Å². The van der Waals surface area contributed by atoms with Crippen LogP contribution in [0.2, 0.25) is 0 Å². The Morgan fingerprint density at radius 1 is 1.56 bits per heavy atom.